The molecule has 0 heterocycles. The fourth-order valence-electron chi connectivity index (χ4n) is 2.67. The van der Waals surface area contributed by atoms with Crippen LogP contribution in [-0.2, 0) is 9.59 Å². The number of hydrogen-bond acceptors (Lipinski definition) is 2. The highest BCUT2D eigenvalue weighted by molar-refractivity contribution is 5.66. The second-order valence-corrected chi connectivity index (χ2v) is 6.24. The van der Waals surface area contributed by atoms with Crippen LogP contribution in [0.15, 0.2) is 5.57 Å². The Morgan fingerprint density at radius 2 is 1.14 bits per heavy atom. The number of rotatable bonds is 16. The third kappa shape index (κ3) is 15.3. The number of aliphatic carboxylic acids is 1. The van der Waals surface area contributed by atoms with Crippen molar-refractivity contribution < 1.29 is 14.7 Å². The maximum absolute atomic E-state index is 10.9. The highest BCUT2D eigenvalue weighted by atomic mass is 16.4. The van der Waals surface area contributed by atoms with E-state index in [0.717, 1.165) is 56.9 Å². The standard InChI is InChI=1S/C19H34O3/c1-2-3-4-5-6-8-11-14-18(17-20)15-12-9-7-10-13-16-19(21)22/h2-16H2,1H3,(H,21,22). The molecule has 0 aliphatic heterocycles. The summed E-state index contributed by atoms with van der Waals surface area (Å²) in [5.41, 5.74) is 0.944. The Kier molecular flexibility index (Phi) is 15.5. The van der Waals surface area contributed by atoms with Crippen molar-refractivity contribution in [1.82, 2.24) is 0 Å². The molecular formula is C19H34O3. The van der Waals surface area contributed by atoms with Gasteiger partial charge in [0.25, 0.3) is 0 Å². The quantitative estimate of drug-likeness (QED) is 0.294. The molecule has 0 bridgehead atoms. The number of hydrogen-bond donors (Lipinski definition) is 1. The first-order chi connectivity index (χ1) is 10.7. The Labute approximate surface area is 136 Å². The molecule has 0 spiro atoms. The smallest absolute Gasteiger partial charge is 0.303 e. The summed E-state index contributed by atoms with van der Waals surface area (Å²) in [5.74, 6) is 1.41. The van der Waals surface area contributed by atoms with Crippen molar-refractivity contribution >= 4 is 11.9 Å². The third-order valence-corrected chi connectivity index (χ3v) is 4.10. The van der Waals surface area contributed by atoms with Gasteiger partial charge in [0, 0.05) is 12.0 Å². The van der Waals surface area contributed by atoms with Crippen molar-refractivity contribution in [2.75, 3.05) is 0 Å². The molecule has 0 aliphatic carbocycles. The molecule has 0 atom stereocenters. The zero-order chi connectivity index (χ0) is 16.5. The van der Waals surface area contributed by atoms with Crippen LogP contribution in [0.25, 0.3) is 0 Å². The Hall–Kier alpha value is -1.08. The Balaban J connectivity index is 3.41. The predicted octanol–water partition coefficient (Wildman–Crippen LogP) is 5.70. The monoisotopic (exact) mass is 310 g/mol. The lowest BCUT2D eigenvalue weighted by Crippen LogP contribution is -1.93. The molecule has 128 valence electrons. The zero-order valence-corrected chi connectivity index (χ0v) is 14.4. The molecule has 0 fully saturated rings. The number of allylic oxidation sites excluding steroid dienone is 1. The van der Waals surface area contributed by atoms with Gasteiger partial charge >= 0.3 is 5.97 Å². The molecule has 0 saturated carbocycles. The van der Waals surface area contributed by atoms with Gasteiger partial charge in [0.2, 0.25) is 0 Å². The van der Waals surface area contributed by atoms with Gasteiger partial charge in [0.1, 0.15) is 5.94 Å². The van der Waals surface area contributed by atoms with Crippen molar-refractivity contribution in [3.05, 3.63) is 5.57 Å². The summed E-state index contributed by atoms with van der Waals surface area (Å²) in [4.78, 5) is 21.3. The summed E-state index contributed by atoms with van der Waals surface area (Å²) in [6.45, 7) is 2.23. The van der Waals surface area contributed by atoms with Gasteiger partial charge in [0.05, 0.1) is 0 Å². The van der Waals surface area contributed by atoms with E-state index in [1.807, 2.05) is 0 Å². The molecule has 22 heavy (non-hydrogen) atoms. The maximum atomic E-state index is 10.9. The van der Waals surface area contributed by atoms with Gasteiger partial charge in [-0.25, -0.2) is 4.79 Å². The fourth-order valence-corrected chi connectivity index (χ4v) is 2.67. The summed E-state index contributed by atoms with van der Waals surface area (Å²) in [5, 5.41) is 8.54. The van der Waals surface area contributed by atoms with Crippen LogP contribution in [0.2, 0.25) is 0 Å². The number of carboxylic acids is 1. The number of carbonyl (C=O) groups excluding carboxylic acids is 1. The first-order valence-corrected chi connectivity index (χ1v) is 9.15. The number of carbonyl (C=O) groups is 1. The summed E-state index contributed by atoms with van der Waals surface area (Å²) in [6, 6.07) is 0. The van der Waals surface area contributed by atoms with E-state index in [0.29, 0.717) is 0 Å². The lowest BCUT2D eigenvalue weighted by molar-refractivity contribution is -0.137. The number of carboxylic acid groups (broad SMARTS) is 1. The minimum absolute atomic E-state index is 0.276. The normalized spacial score (nSPS) is 10.4. The van der Waals surface area contributed by atoms with Gasteiger partial charge in [-0.3, -0.25) is 4.79 Å². The minimum Gasteiger partial charge on any atom is -0.481 e. The zero-order valence-electron chi connectivity index (χ0n) is 14.4. The van der Waals surface area contributed by atoms with Gasteiger partial charge in [0.15, 0.2) is 0 Å². The molecule has 0 aliphatic rings. The topological polar surface area (TPSA) is 54.4 Å². The molecule has 0 aromatic carbocycles. The van der Waals surface area contributed by atoms with E-state index in [1.165, 1.54) is 38.5 Å². The van der Waals surface area contributed by atoms with Gasteiger partial charge in [-0.05, 0) is 32.1 Å². The van der Waals surface area contributed by atoms with E-state index in [4.69, 9.17) is 5.11 Å². The average Bonchev–Trinajstić information content (AvgIpc) is 2.50. The van der Waals surface area contributed by atoms with Crippen molar-refractivity contribution in [2.45, 2.75) is 103 Å². The Morgan fingerprint density at radius 3 is 1.55 bits per heavy atom. The van der Waals surface area contributed by atoms with Crippen molar-refractivity contribution in [3.8, 4) is 0 Å². The van der Waals surface area contributed by atoms with E-state index in [-0.39, 0.29) is 6.42 Å². The molecule has 0 rings (SSSR count). The fraction of sp³-hybridized carbons (Fsp3) is 0.842. The number of unbranched alkanes of at least 4 members (excludes halogenated alkanes) is 10. The highest BCUT2D eigenvalue weighted by Gasteiger charge is 2.01. The Morgan fingerprint density at radius 1 is 0.727 bits per heavy atom. The maximum Gasteiger partial charge on any atom is 0.303 e. The van der Waals surface area contributed by atoms with E-state index in [1.54, 1.807) is 0 Å². The van der Waals surface area contributed by atoms with Crippen LogP contribution < -0.4 is 0 Å². The second kappa shape index (κ2) is 16.3. The second-order valence-electron chi connectivity index (χ2n) is 6.24. The van der Waals surface area contributed by atoms with Gasteiger partial charge in [-0.15, -0.1) is 0 Å². The van der Waals surface area contributed by atoms with Crippen molar-refractivity contribution in [2.24, 2.45) is 0 Å². The average molecular weight is 310 g/mol. The molecule has 0 aromatic heterocycles. The highest BCUT2D eigenvalue weighted by Crippen LogP contribution is 2.16. The first-order valence-electron chi connectivity index (χ1n) is 9.15. The molecule has 1 N–H and O–H groups in total. The first kappa shape index (κ1) is 20.9. The van der Waals surface area contributed by atoms with Crippen molar-refractivity contribution in [1.29, 1.82) is 0 Å². The molecule has 0 amide bonds. The van der Waals surface area contributed by atoms with Gasteiger partial charge in [-0.2, -0.15) is 0 Å². The summed E-state index contributed by atoms with van der Waals surface area (Å²) in [6.07, 6.45) is 15.9. The predicted molar refractivity (Wildman–Crippen MR) is 91.8 cm³/mol. The molecule has 0 unspecified atom stereocenters. The van der Waals surface area contributed by atoms with E-state index in [9.17, 15) is 9.59 Å². The van der Waals surface area contributed by atoms with Crippen LogP contribution in [0.4, 0.5) is 0 Å². The SMILES string of the molecule is CCCCCCCCCC(=C=O)CCCCCCCC(=O)O. The van der Waals surface area contributed by atoms with E-state index >= 15 is 0 Å². The van der Waals surface area contributed by atoms with Crippen LogP contribution in [0.3, 0.4) is 0 Å². The molecule has 0 saturated heterocycles. The summed E-state index contributed by atoms with van der Waals surface area (Å²) >= 11 is 0. The Bertz CT molecular complexity index is 317. The molecule has 3 nitrogen and oxygen atoms in total. The molecular weight excluding hydrogens is 276 g/mol. The van der Waals surface area contributed by atoms with E-state index < -0.39 is 5.97 Å². The van der Waals surface area contributed by atoms with E-state index in [2.05, 4.69) is 12.9 Å². The molecule has 0 aromatic rings. The molecule has 0 radical (unpaired) electrons. The van der Waals surface area contributed by atoms with Crippen LogP contribution in [0, 0.1) is 0 Å². The van der Waals surface area contributed by atoms with Gasteiger partial charge in [-0.1, -0.05) is 64.7 Å². The van der Waals surface area contributed by atoms with Crippen LogP contribution >= 0.6 is 0 Å². The largest absolute Gasteiger partial charge is 0.481 e. The minimum atomic E-state index is -0.708. The summed E-state index contributed by atoms with van der Waals surface area (Å²) < 4.78 is 0. The lowest BCUT2D eigenvalue weighted by Gasteiger charge is -2.04. The lowest BCUT2D eigenvalue weighted by atomic mass is 10.0. The summed E-state index contributed by atoms with van der Waals surface area (Å²) in [7, 11) is 0. The third-order valence-electron chi connectivity index (χ3n) is 4.10. The van der Waals surface area contributed by atoms with Crippen molar-refractivity contribution in [3.63, 3.8) is 0 Å². The molecule has 3 heteroatoms. The van der Waals surface area contributed by atoms with Gasteiger partial charge < -0.3 is 5.11 Å². The van der Waals surface area contributed by atoms with Crippen LogP contribution in [-0.4, -0.2) is 17.0 Å². The van der Waals surface area contributed by atoms with Crippen LogP contribution in [0.5, 0.6) is 0 Å². The van der Waals surface area contributed by atoms with Crippen LogP contribution in [0.1, 0.15) is 103 Å².